The Morgan fingerprint density at radius 2 is 2.06 bits per heavy atom. The van der Waals surface area contributed by atoms with Crippen LogP contribution in [0.15, 0.2) is 72.2 Å². The average molecular weight is 618 g/mol. The van der Waals surface area contributed by atoms with Gasteiger partial charge in [-0.15, -0.1) is 0 Å². The molecule has 5 nitrogen and oxygen atoms in total. The molecule has 0 spiro atoms. The molecule has 35 heavy (non-hydrogen) atoms. The number of anilines is 1. The molecular weight excluding hydrogens is 593 g/mol. The Morgan fingerprint density at radius 3 is 2.89 bits per heavy atom. The number of benzene rings is 2. The number of ketones is 1. The van der Waals surface area contributed by atoms with E-state index in [0.29, 0.717) is 28.3 Å². The van der Waals surface area contributed by atoms with E-state index in [1.54, 1.807) is 24.3 Å². The first-order chi connectivity index (χ1) is 16.9. The summed E-state index contributed by atoms with van der Waals surface area (Å²) in [5.41, 5.74) is 5.05. The van der Waals surface area contributed by atoms with Crippen molar-refractivity contribution in [3.05, 3.63) is 97.5 Å². The maximum atomic E-state index is 13.8. The molecule has 1 aliphatic carbocycles. The van der Waals surface area contributed by atoms with Crippen molar-refractivity contribution in [2.75, 3.05) is 23.4 Å². The van der Waals surface area contributed by atoms with Crippen LogP contribution in [0.25, 0.3) is 0 Å². The lowest BCUT2D eigenvalue weighted by Crippen LogP contribution is -2.47. The molecule has 2 aromatic rings. The third kappa shape index (κ3) is 4.90. The molecule has 2 aliphatic heterocycles. The lowest BCUT2D eigenvalue weighted by Gasteiger charge is -2.42. The molecule has 8 heteroatoms. The highest BCUT2D eigenvalue weighted by molar-refractivity contribution is 14.1. The number of amides is 1. The number of nitrogens with one attached hydrogen (secondary N) is 2. The van der Waals surface area contributed by atoms with Gasteiger partial charge < -0.3 is 15.5 Å². The minimum atomic E-state index is -0.232. The van der Waals surface area contributed by atoms with Gasteiger partial charge in [-0.2, -0.15) is 11.8 Å². The Hall–Kier alpha value is -2.23. The second-order valence-corrected chi connectivity index (χ2v) is 11.4. The molecular formula is C27H25ClIN3O2S. The molecule has 2 N–H and O–H groups in total. The minimum Gasteiger partial charge on any atom is -0.366 e. The zero-order valence-corrected chi connectivity index (χ0v) is 22.9. The third-order valence-electron chi connectivity index (χ3n) is 6.62. The van der Waals surface area contributed by atoms with E-state index in [1.807, 2.05) is 43.2 Å². The van der Waals surface area contributed by atoms with Crippen LogP contribution in [0.2, 0.25) is 5.02 Å². The van der Waals surface area contributed by atoms with Crippen LogP contribution in [-0.2, 0) is 0 Å². The van der Waals surface area contributed by atoms with Gasteiger partial charge in [0.1, 0.15) is 0 Å². The zero-order valence-electron chi connectivity index (χ0n) is 19.2. The van der Waals surface area contributed by atoms with Crippen LogP contribution in [0.3, 0.4) is 0 Å². The zero-order chi connectivity index (χ0) is 24.5. The number of carbonyl (C=O) groups is 2. The van der Waals surface area contributed by atoms with Crippen molar-refractivity contribution in [1.82, 2.24) is 10.2 Å². The van der Waals surface area contributed by atoms with E-state index in [9.17, 15) is 9.59 Å². The van der Waals surface area contributed by atoms with Crippen molar-refractivity contribution >= 4 is 63.3 Å². The van der Waals surface area contributed by atoms with Crippen LogP contribution in [0, 0.1) is 16.4 Å². The third-order valence-corrected chi connectivity index (χ3v) is 9.34. The summed E-state index contributed by atoms with van der Waals surface area (Å²) in [5, 5.41) is 6.56. The number of thioether (sulfide) groups is 1. The van der Waals surface area contributed by atoms with Gasteiger partial charge in [0.2, 0.25) is 0 Å². The molecule has 1 amide bonds. The van der Waals surface area contributed by atoms with Crippen LogP contribution in [0.5, 0.6) is 0 Å². The molecule has 1 saturated heterocycles. The number of hydrogen-bond acceptors (Lipinski definition) is 5. The van der Waals surface area contributed by atoms with E-state index < -0.39 is 0 Å². The fourth-order valence-electron chi connectivity index (χ4n) is 4.85. The standard InChI is InChI=1S/C27H25ClIN3O2S/c1-16-4-2-6-21(24(16)29)27(34)31-18-8-9-20(23(28)12-18)26(33)22-7-3-5-17-13-30-14-19-15-35-11-10-32(19)25(17)22/h2-6,8-9,12-14,22,25,30H,7,10-11,15H2,1H3,(H,31,34). The van der Waals surface area contributed by atoms with Gasteiger partial charge in [0.05, 0.1) is 22.5 Å². The summed E-state index contributed by atoms with van der Waals surface area (Å²) in [6, 6.07) is 10.8. The molecule has 0 saturated carbocycles. The molecule has 3 aliphatic rings. The van der Waals surface area contributed by atoms with Crippen LogP contribution in [0.4, 0.5) is 5.69 Å². The van der Waals surface area contributed by atoms with Gasteiger partial charge in [0.15, 0.2) is 5.78 Å². The molecule has 2 unspecified atom stereocenters. The number of fused-ring (bicyclic) bond motifs is 3. The van der Waals surface area contributed by atoms with Gasteiger partial charge in [0.25, 0.3) is 5.91 Å². The summed E-state index contributed by atoms with van der Waals surface area (Å²) in [6.45, 7) is 2.89. The van der Waals surface area contributed by atoms with Crippen molar-refractivity contribution in [3.8, 4) is 0 Å². The number of carbonyl (C=O) groups excluding carboxylic acids is 2. The van der Waals surface area contributed by atoms with Crippen LogP contribution >= 0.6 is 46.0 Å². The Bertz CT molecular complexity index is 1290. The van der Waals surface area contributed by atoms with Crippen molar-refractivity contribution in [1.29, 1.82) is 0 Å². The molecule has 180 valence electrons. The quantitative estimate of drug-likeness (QED) is 0.325. The van der Waals surface area contributed by atoms with Crippen LogP contribution < -0.4 is 10.6 Å². The van der Waals surface area contributed by atoms with Gasteiger partial charge in [-0.3, -0.25) is 9.59 Å². The lowest BCUT2D eigenvalue weighted by atomic mass is 9.79. The van der Waals surface area contributed by atoms with E-state index >= 15 is 0 Å². The molecule has 5 rings (SSSR count). The number of halogens is 2. The fourth-order valence-corrected chi connectivity index (χ4v) is 6.65. The summed E-state index contributed by atoms with van der Waals surface area (Å²) in [6.07, 6.45) is 8.91. The van der Waals surface area contributed by atoms with E-state index in [4.69, 9.17) is 11.6 Å². The van der Waals surface area contributed by atoms with Gasteiger partial charge in [-0.1, -0.05) is 35.9 Å². The summed E-state index contributed by atoms with van der Waals surface area (Å²) in [4.78, 5) is 29.0. The largest absolute Gasteiger partial charge is 0.366 e. The van der Waals surface area contributed by atoms with Gasteiger partial charge in [-0.25, -0.2) is 0 Å². The Morgan fingerprint density at radius 1 is 1.20 bits per heavy atom. The number of aryl methyl sites for hydroxylation is 1. The number of rotatable bonds is 4. The molecule has 0 bridgehead atoms. The van der Waals surface area contributed by atoms with Gasteiger partial charge >= 0.3 is 0 Å². The minimum absolute atomic E-state index is 0.0199. The fraction of sp³-hybridized carbons (Fsp3) is 0.259. The lowest BCUT2D eigenvalue weighted by molar-refractivity contribution is 0.0850. The molecule has 0 radical (unpaired) electrons. The van der Waals surface area contributed by atoms with Gasteiger partial charge in [0, 0.05) is 51.0 Å². The highest BCUT2D eigenvalue weighted by atomic mass is 127. The highest BCUT2D eigenvalue weighted by Gasteiger charge is 2.39. The first kappa shape index (κ1) is 24.5. The van der Waals surface area contributed by atoms with E-state index in [2.05, 4.69) is 50.3 Å². The number of Topliss-reactive ketones (excluding diaryl/α,β-unsaturated/α-hetero) is 1. The number of hydrogen-bond donors (Lipinski definition) is 2. The van der Waals surface area contributed by atoms with Crippen LogP contribution in [-0.4, -0.2) is 40.7 Å². The second-order valence-electron chi connectivity index (χ2n) is 8.83. The predicted molar refractivity (Wildman–Crippen MR) is 152 cm³/mol. The Labute approximate surface area is 228 Å². The van der Waals surface area contributed by atoms with Gasteiger partial charge in [-0.05, 0) is 71.3 Å². The predicted octanol–water partition coefficient (Wildman–Crippen LogP) is 6.01. The molecule has 0 aromatic heterocycles. The number of nitrogens with zero attached hydrogens (tertiary/aromatic N) is 1. The first-order valence-electron chi connectivity index (χ1n) is 11.5. The summed E-state index contributed by atoms with van der Waals surface area (Å²) >= 11 is 10.7. The Kier molecular flexibility index (Phi) is 7.27. The normalized spacial score (nSPS) is 21.1. The van der Waals surface area contributed by atoms with E-state index in [-0.39, 0.29) is 23.7 Å². The summed E-state index contributed by atoms with van der Waals surface area (Å²) < 4.78 is 0.914. The Balaban J connectivity index is 1.39. The first-order valence-corrected chi connectivity index (χ1v) is 14.1. The molecule has 2 heterocycles. The number of allylic oxidation sites excluding steroid dienone is 1. The topological polar surface area (TPSA) is 61.4 Å². The highest BCUT2D eigenvalue weighted by Crippen LogP contribution is 2.37. The van der Waals surface area contributed by atoms with Crippen LogP contribution in [0.1, 0.15) is 32.7 Å². The summed E-state index contributed by atoms with van der Waals surface area (Å²) in [5.74, 6) is 1.57. The molecule has 2 atom stereocenters. The summed E-state index contributed by atoms with van der Waals surface area (Å²) in [7, 11) is 0. The van der Waals surface area contributed by atoms with Crippen molar-refractivity contribution in [2.45, 2.75) is 19.4 Å². The maximum absolute atomic E-state index is 13.8. The molecule has 2 aromatic carbocycles. The monoisotopic (exact) mass is 617 g/mol. The van der Waals surface area contributed by atoms with Crippen molar-refractivity contribution in [2.24, 2.45) is 5.92 Å². The van der Waals surface area contributed by atoms with E-state index in [1.165, 1.54) is 5.70 Å². The van der Waals surface area contributed by atoms with E-state index in [0.717, 1.165) is 32.8 Å². The van der Waals surface area contributed by atoms with Crippen molar-refractivity contribution < 1.29 is 9.59 Å². The molecule has 1 fully saturated rings. The SMILES string of the molecule is Cc1cccc(C(=O)Nc2ccc(C(=O)C3CC=CC4=CNC=C5CSCCN5C43)c(Cl)c2)c1I. The average Bonchev–Trinajstić information content (AvgIpc) is 3.05. The van der Waals surface area contributed by atoms with Crippen molar-refractivity contribution in [3.63, 3.8) is 0 Å². The maximum Gasteiger partial charge on any atom is 0.256 e. The second kappa shape index (κ2) is 10.4. The smallest absolute Gasteiger partial charge is 0.256 e.